The van der Waals surface area contributed by atoms with E-state index in [0.717, 1.165) is 24.8 Å². The summed E-state index contributed by atoms with van der Waals surface area (Å²) in [5, 5.41) is 12.6. The van der Waals surface area contributed by atoms with E-state index in [-0.39, 0.29) is 11.5 Å². The number of benzene rings is 3. The van der Waals surface area contributed by atoms with Gasteiger partial charge in [0.2, 0.25) is 5.91 Å². The van der Waals surface area contributed by atoms with E-state index in [1.54, 1.807) is 12.1 Å². The fourth-order valence-electron chi connectivity index (χ4n) is 3.95. The van der Waals surface area contributed by atoms with Crippen LogP contribution in [0.3, 0.4) is 0 Å². The average molecular weight is 482 g/mol. The minimum atomic E-state index is -0.532. The zero-order chi connectivity index (χ0) is 24.6. The van der Waals surface area contributed by atoms with Gasteiger partial charge in [-0.3, -0.25) is 14.5 Å². The van der Waals surface area contributed by atoms with Gasteiger partial charge in [0.25, 0.3) is 5.91 Å². The predicted octanol–water partition coefficient (Wildman–Crippen LogP) is 6.09. The molecule has 1 atom stereocenters. The Morgan fingerprint density at radius 3 is 2.23 bits per heavy atom. The van der Waals surface area contributed by atoms with Gasteiger partial charge in [-0.05, 0) is 54.7 Å². The lowest BCUT2D eigenvalue weighted by Crippen LogP contribution is -2.30. The monoisotopic (exact) mass is 481 g/mol. The van der Waals surface area contributed by atoms with Crippen LogP contribution in [0, 0.1) is 11.3 Å². The highest BCUT2D eigenvalue weighted by Crippen LogP contribution is 2.42. The molecule has 1 heterocycles. The topological polar surface area (TPSA) is 73.2 Å². The van der Waals surface area contributed by atoms with Crippen molar-refractivity contribution in [3.8, 4) is 6.07 Å². The minimum absolute atomic E-state index is 0.0755. The van der Waals surface area contributed by atoms with E-state index in [9.17, 15) is 14.9 Å². The molecule has 2 amide bonds. The molecule has 0 aliphatic carbocycles. The minimum Gasteiger partial charge on any atom is -0.321 e. The number of amides is 2. The second-order valence-corrected chi connectivity index (χ2v) is 9.54. The number of para-hydroxylation sites is 2. The molecular formula is C29H27N3O2S. The molecule has 6 heteroatoms. The van der Waals surface area contributed by atoms with Gasteiger partial charge in [-0.15, -0.1) is 0 Å². The number of hydrogen-bond donors (Lipinski definition) is 1. The van der Waals surface area contributed by atoms with Crippen molar-refractivity contribution in [2.75, 3.05) is 10.2 Å². The molecule has 176 valence electrons. The van der Waals surface area contributed by atoms with Crippen molar-refractivity contribution in [1.29, 1.82) is 5.26 Å². The number of nitrogens with one attached hydrogen (secondary N) is 1. The lowest BCUT2D eigenvalue weighted by atomic mass is 10.0. The first-order valence-electron chi connectivity index (χ1n) is 11.7. The summed E-state index contributed by atoms with van der Waals surface area (Å²) in [7, 11) is 0. The maximum Gasteiger partial charge on any atom is 0.269 e. The summed E-state index contributed by atoms with van der Waals surface area (Å²) in [4.78, 5) is 28.1. The van der Waals surface area contributed by atoms with E-state index in [0.29, 0.717) is 22.8 Å². The van der Waals surface area contributed by atoms with Crippen molar-refractivity contribution < 1.29 is 9.59 Å². The quantitative estimate of drug-likeness (QED) is 0.312. The van der Waals surface area contributed by atoms with Crippen molar-refractivity contribution >= 4 is 35.0 Å². The second kappa shape index (κ2) is 11.5. The Bertz CT molecular complexity index is 1250. The van der Waals surface area contributed by atoms with Crippen LogP contribution in [0.4, 0.5) is 11.4 Å². The second-order valence-electron chi connectivity index (χ2n) is 8.35. The van der Waals surface area contributed by atoms with Gasteiger partial charge in [0.15, 0.2) is 0 Å². The fourth-order valence-corrected chi connectivity index (χ4v) is 5.26. The van der Waals surface area contributed by atoms with Crippen LogP contribution in [-0.2, 0) is 22.4 Å². The molecule has 0 radical (unpaired) electrons. The summed E-state index contributed by atoms with van der Waals surface area (Å²) in [5.74, 6) is -0.664. The standard InChI is InChI=1S/C29H27N3O2S/c1-2-3-10-21-15-17-22(18-16-21)19-26-28(34)32(24-13-8-5-9-14-24)29(35-26)25(20-30)27(33)31-23-11-6-4-7-12-23/h4-9,11-18,26H,2-3,10,19H2,1H3,(H,31,33)/b29-25+/t26-/m1/s1. The molecule has 4 rings (SSSR count). The molecule has 0 aromatic heterocycles. The van der Waals surface area contributed by atoms with Gasteiger partial charge in [0.1, 0.15) is 16.7 Å². The van der Waals surface area contributed by atoms with Gasteiger partial charge in [-0.1, -0.05) is 85.8 Å². The smallest absolute Gasteiger partial charge is 0.269 e. The summed E-state index contributed by atoms with van der Waals surface area (Å²) in [6.07, 6.45) is 3.87. The van der Waals surface area contributed by atoms with Crippen LogP contribution in [0.5, 0.6) is 0 Å². The molecule has 1 aliphatic rings. The Kier molecular flexibility index (Phi) is 8.02. The summed E-state index contributed by atoms with van der Waals surface area (Å²) in [6.45, 7) is 2.18. The molecule has 0 unspecified atom stereocenters. The molecular weight excluding hydrogens is 454 g/mol. The van der Waals surface area contributed by atoms with Crippen molar-refractivity contribution in [3.05, 3.63) is 107 Å². The number of carbonyl (C=O) groups is 2. The number of nitrogens with zero attached hydrogens (tertiary/aromatic N) is 2. The molecule has 1 fully saturated rings. The van der Waals surface area contributed by atoms with Gasteiger partial charge < -0.3 is 5.32 Å². The molecule has 0 bridgehead atoms. The van der Waals surface area contributed by atoms with Crippen LogP contribution >= 0.6 is 11.8 Å². The van der Waals surface area contributed by atoms with E-state index in [1.807, 2.05) is 54.6 Å². The molecule has 1 N–H and O–H groups in total. The van der Waals surface area contributed by atoms with Gasteiger partial charge in [0.05, 0.1) is 5.25 Å². The van der Waals surface area contributed by atoms with E-state index >= 15 is 0 Å². The summed E-state index contributed by atoms with van der Waals surface area (Å²) < 4.78 is 0. The highest BCUT2D eigenvalue weighted by molar-refractivity contribution is 8.05. The van der Waals surface area contributed by atoms with Crippen LogP contribution in [-0.4, -0.2) is 17.1 Å². The number of carbonyl (C=O) groups excluding carboxylic acids is 2. The molecule has 3 aromatic rings. The average Bonchev–Trinajstić information content (AvgIpc) is 3.20. The normalized spacial score (nSPS) is 16.6. The zero-order valence-corrected chi connectivity index (χ0v) is 20.4. The van der Waals surface area contributed by atoms with Crippen LogP contribution in [0.2, 0.25) is 0 Å². The van der Waals surface area contributed by atoms with Gasteiger partial charge in [0, 0.05) is 11.4 Å². The zero-order valence-electron chi connectivity index (χ0n) is 19.6. The van der Waals surface area contributed by atoms with E-state index in [2.05, 4.69) is 36.5 Å². The third-order valence-electron chi connectivity index (χ3n) is 5.81. The number of aryl methyl sites for hydroxylation is 1. The number of hydrogen-bond acceptors (Lipinski definition) is 4. The van der Waals surface area contributed by atoms with Crippen LogP contribution in [0.25, 0.3) is 0 Å². The Labute approximate surface area is 210 Å². The molecule has 1 aliphatic heterocycles. The van der Waals surface area contributed by atoms with Crippen molar-refractivity contribution in [1.82, 2.24) is 0 Å². The van der Waals surface area contributed by atoms with Crippen molar-refractivity contribution in [2.45, 2.75) is 37.9 Å². The molecule has 0 saturated carbocycles. The van der Waals surface area contributed by atoms with Crippen LogP contribution < -0.4 is 10.2 Å². The third-order valence-corrected chi connectivity index (χ3v) is 7.08. The van der Waals surface area contributed by atoms with E-state index < -0.39 is 11.2 Å². The number of rotatable bonds is 8. The number of unbranched alkanes of at least 4 members (excludes halogenated alkanes) is 1. The summed E-state index contributed by atoms with van der Waals surface area (Å²) >= 11 is 1.28. The Morgan fingerprint density at radius 1 is 0.971 bits per heavy atom. The van der Waals surface area contributed by atoms with Crippen LogP contribution in [0.15, 0.2) is 95.5 Å². The SMILES string of the molecule is CCCCc1ccc(C[C@H]2S/C(=C(\C#N)C(=O)Nc3ccccc3)N(c3ccccc3)C2=O)cc1. The highest BCUT2D eigenvalue weighted by Gasteiger charge is 2.40. The molecule has 5 nitrogen and oxygen atoms in total. The van der Waals surface area contributed by atoms with Gasteiger partial charge >= 0.3 is 0 Å². The number of nitriles is 1. The molecule has 35 heavy (non-hydrogen) atoms. The third kappa shape index (κ3) is 5.82. The van der Waals surface area contributed by atoms with E-state index in [1.165, 1.54) is 22.2 Å². The first-order valence-corrected chi connectivity index (χ1v) is 12.6. The largest absolute Gasteiger partial charge is 0.321 e. The predicted molar refractivity (Wildman–Crippen MR) is 142 cm³/mol. The van der Waals surface area contributed by atoms with Crippen LogP contribution in [0.1, 0.15) is 30.9 Å². The Hall–Kier alpha value is -3.82. The molecule has 0 spiro atoms. The maximum absolute atomic E-state index is 13.6. The highest BCUT2D eigenvalue weighted by atomic mass is 32.2. The van der Waals surface area contributed by atoms with E-state index in [4.69, 9.17) is 0 Å². The summed E-state index contributed by atoms with van der Waals surface area (Å²) in [6, 6.07) is 28.6. The molecule has 1 saturated heterocycles. The summed E-state index contributed by atoms with van der Waals surface area (Å²) in [5.41, 5.74) is 3.49. The number of anilines is 2. The first-order chi connectivity index (χ1) is 17.1. The lowest BCUT2D eigenvalue weighted by molar-refractivity contribution is -0.117. The van der Waals surface area contributed by atoms with Gasteiger partial charge in [-0.2, -0.15) is 5.26 Å². The Balaban J connectivity index is 1.63. The number of thioether (sulfide) groups is 1. The van der Waals surface area contributed by atoms with Gasteiger partial charge in [-0.25, -0.2) is 0 Å². The maximum atomic E-state index is 13.6. The van der Waals surface area contributed by atoms with Crippen molar-refractivity contribution in [2.24, 2.45) is 0 Å². The lowest BCUT2D eigenvalue weighted by Gasteiger charge is -2.18. The first kappa shape index (κ1) is 24.3. The fraction of sp³-hybridized carbons (Fsp3) is 0.207. The van der Waals surface area contributed by atoms with Crippen molar-refractivity contribution in [3.63, 3.8) is 0 Å². The molecule has 3 aromatic carbocycles. The Morgan fingerprint density at radius 2 is 1.60 bits per heavy atom.